The van der Waals surface area contributed by atoms with Gasteiger partial charge in [0.05, 0.1) is 14.1 Å². The molecule has 0 saturated carbocycles. The van der Waals surface area contributed by atoms with Crippen molar-refractivity contribution in [1.82, 2.24) is 0 Å². The number of benzene rings is 1. The summed E-state index contributed by atoms with van der Waals surface area (Å²) in [7, 11) is 3.88. The molecular weight excluding hydrogens is 211 g/mol. The molecule has 2 rings (SSSR count). The molecule has 0 saturated heterocycles. The molecule has 1 aromatic carbocycles. The Morgan fingerprint density at radius 1 is 1.27 bits per heavy atom. The highest BCUT2D eigenvalue weighted by molar-refractivity contribution is 7.13. The van der Waals surface area contributed by atoms with Gasteiger partial charge in [-0.2, -0.15) is 0 Å². The van der Waals surface area contributed by atoms with E-state index >= 15 is 0 Å². The molecule has 0 spiro atoms. The van der Waals surface area contributed by atoms with Gasteiger partial charge in [-0.15, -0.1) is 0 Å². The van der Waals surface area contributed by atoms with Crippen molar-refractivity contribution < 1.29 is 8.96 Å². The molecule has 0 radical (unpaired) electrons. The highest BCUT2D eigenvalue weighted by atomic mass is 32.1. The largest absolute Gasteiger partial charge is 0.333 e. The molecule has 15 heavy (non-hydrogen) atoms. The topological polar surface area (TPSA) is 15.9 Å². The van der Waals surface area contributed by atoms with Crippen LogP contribution in [0.3, 0.4) is 0 Å². The summed E-state index contributed by atoms with van der Waals surface area (Å²) < 4.78 is 14.8. The Bertz CT molecular complexity index is 462. The number of aromatic nitrogens is 1. The van der Waals surface area contributed by atoms with Gasteiger partial charge in [-0.1, -0.05) is 11.3 Å². The van der Waals surface area contributed by atoms with Crippen LogP contribution in [0.4, 0.5) is 9.52 Å². The molecular formula is C11H12FN2S+. The van der Waals surface area contributed by atoms with Crippen LogP contribution in [0.1, 0.15) is 0 Å². The summed E-state index contributed by atoms with van der Waals surface area (Å²) in [5.74, 6) is -0.203. The van der Waals surface area contributed by atoms with Crippen LogP contribution in [-0.4, -0.2) is 7.05 Å². The number of nitrogens with zero attached hydrogens (tertiary/aromatic N) is 1. The van der Waals surface area contributed by atoms with E-state index in [4.69, 9.17) is 0 Å². The molecule has 1 aromatic heterocycles. The summed E-state index contributed by atoms with van der Waals surface area (Å²) in [6, 6.07) is 6.53. The quantitative estimate of drug-likeness (QED) is 0.773. The minimum atomic E-state index is -0.203. The Morgan fingerprint density at radius 2 is 1.93 bits per heavy atom. The highest BCUT2D eigenvalue weighted by Gasteiger charge is 2.13. The maximum Gasteiger partial charge on any atom is 0.333 e. The van der Waals surface area contributed by atoms with Crippen molar-refractivity contribution in [3.63, 3.8) is 0 Å². The molecule has 78 valence electrons. The van der Waals surface area contributed by atoms with Gasteiger partial charge in [0, 0.05) is 10.9 Å². The van der Waals surface area contributed by atoms with Crippen LogP contribution in [0.15, 0.2) is 29.6 Å². The molecule has 0 amide bonds. The van der Waals surface area contributed by atoms with Gasteiger partial charge < -0.3 is 0 Å². The molecule has 4 heteroatoms. The summed E-state index contributed by atoms with van der Waals surface area (Å²) in [5.41, 5.74) is 2.11. The summed E-state index contributed by atoms with van der Waals surface area (Å²) in [5, 5.41) is 6.24. The van der Waals surface area contributed by atoms with E-state index < -0.39 is 0 Å². The second kappa shape index (κ2) is 3.98. The van der Waals surface area contributed by atoms with E-state index in [1.807, 2.05) is 14.1 Å². The highest BCUT2D eigenvalue weighted by Crippen LogP contribution is 2.22. The molecule has 0 aliphatic rings. The average molecular weight is 223 g/mol. The minimum absolute atomic E-state index is 0.203. The maximum absolute atomic E-state index is 12.8. The van der Waals surface area contributed by atoms with Gasteiger partial charge in [0.15, 0.2) is 0 Å². The summed E-state index contributed by atoms with van der Waals surface area (Å²) in [6.45, 7) is 0. The van der Waals surface area contributed by atoms with Gasteiger partial charge in [-0.3, -0.25) is 5.32 Å². The zero-order chi connectivity index (χ0) is 10.8. The first-order valence-electron chi connectivity index (χ1n) is 4.63. The van der Waals surface area contributed by atoms with Gasteiger partial charge in [0.2, 0.25) is 0 Å². The van der Waals surface area contributed by atoms with Gasteiger partial charge in [-0.25, -0.2) is 8.96 Å². The van der Waals surface area contributed by atoms with Crippen LogP contribution in [0.25, 0.3) is 11.3 Å². The molecule has 0 aliphatic carbocycles. The Kier molecular flexibility index (Phi) is 2.68. The molecule has 0 fully saturated rings. The van der Waals surface area contributed by atoms with Crippen LogP contribution < -0.4 is 9.88 Å². The summed E-state index contributed by atoms with van der Waals surface area (Å²) in [6.07, 6.45) is 0. The van der Waals surface area contributed by atoms with E-state index in [9.17, 15) is 4.39 Å². The lowest BCUT2D eigenvalue weighted by molar-refractivity contribution is -0.641. The molecule has 0 aliphatic heterocycles. The number of anilines is 1. The Balaban J connectivity index is 2.45. The van der Waals surface area contributed by atoms with Crippen LogP contribution in [0, 0.1) is 5.82 Å². The first-order chi connectivity index (χ1) is 7.22. The van der Waals surface area contributed by atoms with Crippen LogP contribution in [0.5, 0.6) is 0 Å². The summed E-state index contributed by atoms with van der Waals surface area (Å²) >= 11 is 1.63. The third-order valence-electron chi connectivity index (χ3n) is 2.30. The van der Waals surface area contributed by atoms with Crippen molar-refractivity contribution in [2.45, 2.75) is 0 Å². The van der Waals surface area contributed by atoms with Crippen LogP contribution >= 0.6 is 11.3 Å². The van der Waals surface area contributed by atoms with Gasteiger partial charge in [0.25, 0.3) is 0 Å². The third-order valence-corrected chi connectivity index (χ3v) is 3.34. The van der Waals surface area contributed by atoms with Gasteiger partial charge in [0.1, 0.15) is 11.5 Å². The van der Waals surface area contributed by atoms with Crippen molar-refractivity contribution in [3.8, 4) is 11.3 Å². The van der Waals surface area contributed by atoms with Crippen LogP contribution in [0.2, 0.25) is 0 Å². The molecule has 0 unspecified atom stereocenters. The molecule has 1 N–H and O–H groups in total. The number of hydrogen-bond donors (Lipinski definition) is 1. The predicted molar refractivity (Wildman–Crippen MR) is 60.4 cm³/mol. The Hall–Kier alpha value is -1.42. The smallest absolute Gasteiger partial charge is 0.268 e. The molecule has 0 bridgehead atoms. The zero-order valence-electron chi connectivity index (χ0n) is 8.62. The molecule has 2 aromatic rings. The third kappa shape index (κ3) is 1.85. The van der Waals surface area contributed by atoms with Crippen molar-refractivity contribution in [3.05, 3.63) is 35.5 Å². The summed E-state index contributed by atoms with van der Waals surface area (Å²) in [4.78, 5) is 0. The van der Waals surface area contributed by atoms with E-state index in [0.29, 0.717) is 0 Å². The fourth-order valence-electron chi connectivity index (χ4n) is 1.49. The van der Waals surface area contributed by atoms with Crippen molar-refractivity contribution in [2.24, 2.45) is 7.05 Å². The van der Waals surface area contributed by atoms with E-state index in [2.05, 4.69) is 15.3 Å². The number of rotatable bonds is 2. The van der Waals surface area contributed by atoms with Crippen molar-refractivity contribution >= 4 is 16.5 Å². The number of nitrogens with one attached hydrogen (secondary N) is 1. The van der Waals surface area contributed by atoms with E-state index in [1.54, 1.807) is 23.5 Å². The lowest BCUT2D eigenvalue weighted by Gasteiger charge is -1.98. The Morgan fingerprint density at radius 3 is 2.47 bits per heavy atom. The van der Waals surface area contributed by atoms with Crippen LogP contribution in [-0.2, 0) is 7.05 Å². The first-order valence-corrected chi connectivity index (χ1v) is 5.51. The van der Waals surface area contributed by atoms with Crippen molar-refractivity contribution in [2.75, 3.05) is 12.4 Å². The molecule has 1 heterocycles. The molecule has 0 atom stereocenters. The number of thiazole rings is 1. The fourth-order valence-corrected chi connectivity index (χ4v) is 2.38. The zero-order valence-corrected chi connectivity index (χ0v) is 9.44. The maximum atomic E-state index is 12.8. The van der Waals surface area contributed by atoms with Crippen molar-refractivity contribution in [1.29, 1.82) is 0 Å². The first kappa shape index (κ1) is 10.1. The van der Waals surface area contributed by atoms with E-state index in [0.717, 1.165) is 16.4 Å². The number of hydrogen-bond acceptors (Lipinski definition) is 2. The SMILES string of the molecule is CNc1scc(-c2ccc(F)cc2)[n+]1C. The van der Waals surface area contributed by atoms with E-state index in [-0.39, 0.29) is 5.82 Å². The second-order valence-electron chi connectivity index (χ2n) is 3.24. The van der Waals surface area contributed by atoms with E-state index in [1.165, 1.54) is 12.1 Å². The minimum Gasteiger partial charge on any atom is -0.268 e. The molecule has 2 nitrogen and oxygen atoms in total. The van der Waals surface area contributed by atoms with Gasteiger partial charge >= 0.3 is 5.13 Å². The normalized spacial score (nSPS) is 10.3. The lowest BCUT2D eigenvalue weighted by Crippen LogP contribution is -2.30. The number of halogens is 1. The average Bonchev–Trinajstić information content (AvgIpc) is 2.61. The standard InChI is InChI=1S/C11H11FN2S/c1-13-11-14(2)10(7-15-11)8-3-5-9(12)6-4-8/h3-7H,1-2H3/p+1. The van der Waals surface area contributed by atoms with Gasteiger partial charge in [-0.05, 0) is 24.3 Å². The second-order valence-corrected chi connectivity index (χ2v) is 4.10. The monoisotopic (exact) mass is 223 g/mol. The Labute approximate surface area is 92.0 Å². The fraction of sp³-hybridized carbons (Fsp3) is 0.182. The lowest BCUT2D eigenvalue weighted by atomic mass is 10.2. The predicted octanol–water partition coefficient (Wildman–Crippen LogP) is 2.42.